The van der Waals surface area contributed by atoms with Gasteiger partial charge in [-0.2, -0.15) is 0 Å². The SMILES string of the molecule is Fc1ccccc1COC1CCN(Cc2nncs2)CC1. The monoisotopic (exact) mass is 307 g/mol. The highest BCUT2D eigenvalue weighted by molar-refractivity contribution is 7.09. The fourth-order valence-electron chi connectivity index (χ4n) is 2.51. The quantitative estimate of drug-likeness (QED) is 0.851. The minimum absolute atomic E-state index is 0.189. The minimum atomic E-state index is -0.189. The number of benzene rings is 1. The summed E-state index contributed by atoms with van der Waals surface area (Å²) in [6.45, 7) is 3.20. The zero-order valence-electron chi connectivity index (χ0n) is 11.7. The third-order valence-electron chi connectivity index (χ3n) is 3.73. The third kappa shape index (κ3) is 4.06. The Morgan fingerprint density at radius 2 is 2.10 bits per heavy atom. The lowest BCUT2D eigenvalue weighted by molar-refractivity contribution is -0.00497. The van der Waals surface area contributed by atoms with Crippen molar-refractivity contribution >= 4 is 11.3 Å². The van der Waals surface area contributed by atoms with Gasteiger partial charge in [-0.1, -0.05) is 18.2 Å². The standard InChI is InChI=1S/C15H18FN3OS/c16-14-4-2-1-3-12(14)10-20-13-5-7-19(8-6-13)9-15-18-17-11-21-15/h1-4,11,13H,5-10H2. The molecule has 2 aromatic rings. The number of piperidine rings is 1. The van der Waals surface area contributed by atoms with Gasteiger partial charge < -0.3 is 4.74 Å². The van der Waals surface area contributed by atoms with Crippen LogP contribution in [0.25, 0.3) is 0 Å². The van der Waals surface area contributed by atoms with Gasteiger partial charge in [-0.3, -0.25) is 4.90 Å². The number of nitrogens with zero attached hydrogens (tertiary/aromatic N) is 3. The predicted octanol–water partition coefficient (Wildman–Crippen LogP) is 2.86. The molecule has 21 heavy (non-hydrogen) atoms. The first-order valence-corrected chi connectivity index (χ1v) is 8.01. The topological polar surface area (TPSA) is 38.2 Å². The first kappa shape index (κ1) is 14.6. The van der Waals surface area contributed by atoms with Crippen LogP contribution in [0.15, 0.2) is 29.8 Å². The molecular weight excluding hydrogens is 289 g/mol. The van der Waals surface area contributed by atoms with Crippen LogP contribution in [-0.4, -0.2) is 34.3 Å². The first-order valence-electron chi connectivity index (χ1n) is 7.13. The lowest BCUT2D eigenvalue weighted by atomic mass is 10.1. The van der Waals surface area contributed by atoms with Gasteiger partial charge in [0, 0.05) is 18.7 Å². The van der Waals surface area contributed by atoms with E-state index in [4.69, 9.17) is 4.74 Å². The molecule has 6 heteroatoms. The number of likely N-dealkylation sites (tertiary alicyclic amines) is 1. The summed E-state index contributed by atoms with van der Waals surface area (Å²) >= 11 is 1.59. The van der Waals surface area contributed by atoms with Gasteiger partial charge in [0.2, 0.25) is 0 Å². The molecule has 0 spiro atoms. The second kappa shape index (κ2) is 7.06. The number of hydrogen-bond donors (Lipinski definition) is 0. The zero-order valence-corrected chi connectivity index (χ0v) is 12.6. The maximum Gasteiger partial charge on any atom is 0.131 e. The van der Waals surface area contributed by atoms with Crippen molar-refractivity contribution < 1.29 is 9.13 Å². The summed E-state index contributed by atoms with van der Waals surface area (Å²) in [5, 5.41) is 8.98. The number of aromatic nitrogens is 2. The predicted molar refractivity (Wildman–Crippen MR) is 79.4 cm³/mol. The summed E-state index contributed by atoms with van der Waals surface area (Å²) in [5.41, 5.74) is 2.40. The van der Waals surface area contributed by atoms with Crippen LogP contribution < -0.4 is 0 Å². The minimum Gasteiger partial charge on any atom is -0.373 e. The van der Waals surface area contributed by atoms with Crippen molar-refractivity contribution in [2.24, 2.45) is 0 Å². The molecule has 4 nitrogen and oxygen atoms in total. The van der Waals surface area contributed by atoms with Gasteiger partial charge in [0.1, 0.15) is 16.3 Å². The first-order chi connectivity index (χ1) is 10.3. The van der Waals surface area contributed by atoms with Crippen molar-refractivity contribution in [3.63, 3.8) is 0 Å². The maximum atomic E-state index is 13.5. The van der Waals surface area contributed by atoms with Crippen LogP contribution >= 0.6 is 11.3 Å². The highest BCUT2D eigenvalue weighted by atomic mass is 32.1. The second-order valence-corrected chi connectivity index (χ2v) is 6.13. The molecule has 1 fully saturated rings. The van der Waals surface area contributed by atoms with E-state index in [1.807, 2.05) is 6.07 Å². The van der Waals surface area contributed by atoms with Crippen molar-refractivity contribution in [3.8, 4) is 0 Å². The van der Waals surface area contributed by atoms with E-state index in [0.29, 0.717) is 12.2 Å². The molecule has 112 valence electrons. The van der Waals surface area contributed by atoms with E-state index < -0.39 is 0 Å². The molecule has 0 bridgehead atoms. The highest BCUT2D eigenvalue weighted by Crippen LogP contribution is 2.18. The van der Waals surface area contributed by atoms with Crippen LogP contribution in [0.3, 0.4) is 0 Å². The van der Waals surface area contributed by atoms with Crippen LogP contribution in [0.4, 0.5) is 4.39 Å². The van der Waals surface area contributed by atoms with Crippen molar-refractivity contribution in [2.75, 3.05) is 13.1 Å². The Bertz CT molecular complexity index is 556. The van der Waals surface area contributed by atoms with Crippen molar-refractivity contribution in [1.29, 1.82) is 0 Å². The number of rotatable bonds is 5. The van der Waals surface area contributed by atoms with Gasteiger partial charge in [-0.15, -0.1) is 21.5 Å². The molecule has 0 N–H and O–H groups in total. The smallest absolute Gasteiger partial charge is 0.131 e. The summed E-state index contributed by atoms with van der Waals surface area (Å²) in [4.78, 5) is 2.36. The second-order valence-electron chi connectivity index (χ2n) is 5.21. The van der Waals surface area contributed by atoms with E-state index in [1.165, 1.54) is 6.07 Å². The molecule has 0 amide bonds. The van der Waals surface area contributed by atoms with Crippen LogP contribution in [0, 0.1) is 5.82 Å². The molecule has 3 rings (SSSR count). The lowest BCUT2D eigenvalue weighted by Gasteiger charge is -2.31. The largest absolute Gasteiger partial charge is 0.373 e. The van der Waals surface area contributed by atoms with E-state index >= 15 is 0 Å². The summed E-state index contributed by atoms with van der Waals surface area (Å²) in [7, 11) is 0. The van der Waals surface area contributed by atoms with Crippen molar-refractivity contribution in [1.82, 2.24) is 15.1 Å². The van der Waals surface area contributed by atoms with E-state index in [-0.39, 0.29) is 11.9 Å². The molecule has 1 aliphatic heterocycles. The lowest BCUT2D eigenvalue weighted by Crippen LogP contribution is -2.36. The Morgan fingerprint density at radius 1 is 1.29 bits per heavy atom. The van der Waals surface area contributed by atoms with Gasteiger partial charge in [0.05, 0.1) is 19.3 Å². The van der Waals surface area contributed by atoms with E-state index in [0.717, 1.165) is 37.5 Å². The molecule has 0 aliphatic carbocycles. The molecule has 1 aliphatic rings. The van der Waals surface area contributed by atoms with Crippen LogP contribution in [-0.2, 0) is 17.9 Å². The van der Waals surface area contributed by atoms with E-state index in [9.17, 15) is 4.39 Å². The molecule has 1 saturated heterocycles. The highest BCUT2D eigenvalue weighted by Gasteiger charge is 2.20. The van der Waals surface area contributed by atoms with E-state index in [1.54, 1.807) is 29.0 Å². The van der Waals surface area contributed by atoms with Gasteiger partial charge in [0.25, 0.3) is 0 Å². The van der Waals surface area contributed by atoms with Gasteiger partial charge in [0.15, 0.2) is 0 Å². The number of hydrogen-bond acceptors (Lipinski definition) is 5. The number of halogens is 1. The summed E-state index contributed by atoms with van der Waals surface area (Å²) in [6.07, 6.45) is 2.18. The van der Waals surface area contributed by atoms with Gasteiger partial charge in [-0.05, 0) is 18.9 Å². The fourth-order valence-corrected chi connectivity index (χ4v) is 3.08. The molecule has 0 saturated carbocycles. The Kier molecular flexibility index (Phi) is 4.90. The molecular formula is C15H18FN3OS. The molecule has 2 heterocycles. The normalized spacial score (nSPS) is 17.2. The Morgan fingerprint density at radius 3 is 2.81 bits per heavy atom. The van der Waals surface area contributed by atoms with Gasteiger partial charge in [-0.25, -0.2) is 4.39 Å². The van der Waals surface area contributed by atoms with E-state index in [2.05, 4.69) is 15.1 Å². The Hall–Kier alpha value is -1.37. The summed E-state index contributed by atoms with van der Waals surface area (Å²) in [5.74, 6) is -0.189. The average molecular weight is 307 g/mol. The van der Waals surface area contributed by atoms with Crippen molar-refractivity contribution in [3.05, 3.63) is 46.2 Å². The summed E-state index contributed by atoms with van der Waals surface area (Å²) in [6, 6.07) is 6.79. The number of ether oxygens (including phenoxy) is 1. The van der Waals surface area contributed by atoms with Crippen LogP contribution in [0.1, 0.15) is 23.4 Å². The maximum absolute atomic E-state index is 13.5. The van der Waals surface area contributed by atoms with Gasteiger partial charge >= 0.3 is 0 Å². The molecule has 0 atom stereocenters. The Labute approximate surface area is 127 Å². The van der Waals surface area contributed by atoms with Crippen LogP contribution in [0.2, 0.25) is 0 Å². The average Bonchev–Trinajstić information content (AvgIpc) is 3.01. The zero-order chi connectivity index (χ0) is 14.5. The fraction of sp³-hybridized carbons (Fsp3) is 0.467. The molecule has 0 radical (unpaired) electrons. The van der Waals surface area contributed by atoms with Crippen LogP contribution in [0.5, 0.6) is 0 Å². The Balaban J connectivity index is 1.43. The molecule has 0 unspecified atom stereocenters. The summed E-state index contributed by atoms with van der Waals surface area (Å²) < 4.78 is 19.4. The third-order valence-corrected chi connectivity index (χ3v) is 4.41. The molecule has 1 aromatic carbocycles. The van der Waals surface area contributed by atoms with Crippen molar-refractivity contribution in [2.45, 2.75) is 32.1 Å². The molecule has 1 aromatic heterocycles.